The summed E-state index contributed by atoms with van der Waals surface area (Å²) in [6.07, 6.45) is 12.3. The summed E-state index contributed by atoms with van der Waals surface area (Å²) in [6, 6.07) is 13.3. The fraction of sp³-hybridized carbons (Fsp3) is 0.405. The summed E-state index contributed by atoms with van der Waals surface area (Å²) in [4.78, 5) is 41.7. The number of pyridine rings is 2. The summed E-state index contributed by atoms with van der Waals surface area (Å²) in [6.45, 7) is 4.07. The second-order valence-corrected chi connectivity index (χ2v) is 15.5. The van der Waals surface area contributed by atoms with Crippen molar-refractivity contribution in [2.24, 2.45) is 23.2 Å². The number of fused-ring (bicyclic) bond motifs is 2. The van der Waals surface area contributed by atoms with Gasteiger partial charge in [0.25, 0.3) is 5.91 Å². The lowest BCUT2D eigenvalue weighted by molar-refractivity contribution is -0.0638. The minimum atomic E-state index is -1.07. The SMILES string of the molecule is Cc1c(-c2ccc(N3CCc4cccc(C(=O)Nc5nc6ncccc6s5)c4C3)nc2C(=O)O)cnn1CC12CC3CC(CC(C3)C1)C2. The van der Waals surface area contributed by atoms with Crippen molar-refractivity contribution in [2.75, 3.05) is 16.8 Å². The third kappa shape index (κ3) is 5.06. The molecule has 1 amide bonds. The molecule has 2 N–H and O–H groups in total. The van der Waals surface area contributed by atoms with Crippen LogP contribution < -0.4 is 10.2 Å². The number of aromatic carboxylic acids is 1. The number of benzene rings is 1. The lowest BCUT2D eigenvalue weighted by atomic mass is 9.49. The summed E-state index contributed by atoms with van der Waals surface area (Å²) < 4.78 is 3.03. The Morgan fingerprint density at radius 1 is 1.00 bits per heavy atom. The van der Waals surface area contributed by atoms with Crippen LogP contribution in [-0.4, -0.2) is 48.3 Å². The van der Waals surface area contributed by atoms with Crippen molar-refractivity contribution in [2.45, 2.75) is 65.0 Å². The maximum atomic E-state index is 13.5. The van der Waals surface area contributed by atoms with Gasteiger partial charge in [-0.15, -0.1) is 0 Å². The molecule has 4 aromatic heterocycles. The minimum Gasteiger partial charge on any atom is -0.476 e. The minimum absolute atomic E-state index is 0.0197. The smallest absolute Gasteiger partial charge is 0.355 e. The van der Waals surface area contributed by atoms with Crippen molar-refractivity contribution in [3.8, 4) is 11.1 Å². The average molecular weight is 660 g/mol. The lowest BCUT2D eigenvalue weighted by Crippen LogP contribution is -2.48. The van der Waals surface area contributed by atoms with Crippen molar-refractivity contribution in [3.63, 3.8) is 0 Å². The van der Waals surface area contributed by atoms with Gasteiger partial charge >= 0.3 is 5.97 Å². The van der Waals surface area contributed by atoms with Gasteiger partial charge in [-0.3, -0.25) is 14.8 Å². The number of thiazole rings is 1. The molecule has 5 heterocycles. The molecule has 4 fully saturated rings. The van der Waals surface area contributed by atoms with Crippen LogP contribution in [0.25, 0.3) is 21.5 Å². The number of hydrogen-bond donors (Lipinski definition) is 2. The first-order valence-electron chi connectivity index (χ1n) is 17.0. The largest absolute Gasteiger partial charge is 0.476 e. The molecule has 244 valence electrons. The molecule has 4 bridgehead atoms. The Morgan fingerprint density at radius 3 is 2.54 bits per heavy atom. The molecule has 10 rings (SSSR count). The van der Waals surface area contributed by atoms with Gasteiger partial charge in [0.05, 0.1) is 10.9 Å². The standard InChI is InChI=1S/C37H37N7O3S/c1-21-28(18-39-44(21)20-37-15-22-12-23(16-37)14-24(13-22)17-37)26-7-8-31(40-32(26)35(46)47)43-11-9-25-4-2-5-27(29(25)19-43)34(45)42-36-41-33-30(48-36)6-3-10-38-33/h2-8,10,18,22-24H,9,11-17,19-20H2,1H3,(H,46,47)(H,38,41,42,45). The molecule has 0 saturated heterocycles. The number of nitrogens with one attached hydrogen (secondary N) is 1. The Balaban J connectivity index is 0.970. The first-order valence-corrected chi connectivity index (χ1v) is 17.8. The maximum Gasteiger partial charge on any atom is 0.355 e. The van der Waals surface area contributed by atoms with Crippen molar-refractivity contribution in [1.29, 1.82) is 0 Å². The fourth-order valence-electron chi connectivity index (χ4n) is 9.65. The van der Waals surface area contributed by atoms with E-state index in [1.165, 1.54) is 49.9 Å². The molecule has 5 aliphatic rings. The number of carboxylic acids is 1. The van der Waals surface area contributed by atoms with Crippen molar-refractivity contribution < 1.29 is 14.7 Å². The number of amides is 1. The Bertz CT molecular complexity index is 2030. The van der Waals surface area contributed by atoms with E-state index in [2.05, 4.69) is 31.8 Å². The highest BCUT2D eigenvalue weighted by Gasteiger charge is 2.51. The van der Waals surface area contributed by atoms with Gasteiger partial charge in [-0.1, -0.05) is 23.5 Å². The number of hydrogen-bond acceptors (Lipinski definition) is 8. The zero-order chi connectivity index (χ0) is 32.6. The molecule has 0 radical (unpaired) electrons. The lowest BCUT2D eigenvalue weighted by Gasteiger charge is -2.56. The van der Waals surface area contributed by atoms with E-state index in [1.54, 1.807) is 6.20 Å². The normalized spacial score (nSPS) is 24.2. The zero-order valence-electron chi connectivity index (χ0n) is 26.9. The summed E-state index contributed by atoms with van der Waals surface area (Å²) in [5.41, 5.74) is 5.93. The molecule has 5 aromatic rings. The summed E-state index contributed by atoms with van der Waals surface area (Å²) in [7, 11) is 0. The van der Waals surface area contributed by atoms with Gasteiger partial charge in [0.2, 0.25) is 0 Å². The third-order valence-electron chi connectivity index (χ3n) is 11.4. The van der Waals surface area contributed by atoms with E-state index >= 15 is 0 Å². The van der Waals surface area contributed by atoms with Crippen LogP contribution in [0.4, 0.5) is 10.9 Å². The molecule has 4 saturated carbocycles. The molecule has 10 nitrogen and oxygen atoms in total. The quantitative estimate of drug-likeness (QED) is 0.192. The van der Waals surface area contributed by atoms with Crippen molar-refractivity contribution in [3.05, 3.63) is 82.9 Å². The number of aromatic nitrogens is 5. The monoisotopic (exact) mass is 659 g/mol. The topological polar surface area (TPSA) is 126 Å². The van der Waals surface area contributed by atoms with E-state index in [-0.39, 0.29) is 11.6 Å². The van der Waals surface area contributed by atoms with E-state index in [0.29, 0.717) is 52.6 Å². The van der Waals surface area contributed by atoms with E-state index in [0.717, 1.165) is 51.4 Å². The Morgan fingerprint density at radius 2 is 1.79 bits per heavy atom. The van der Waals surface area contributed by atoms with Crippen molar-refractivity contribution >= 4 is 44.5 Å². The molecule has 11 heteroatoms. The van der Waals surface area contributed by atoms with Crippen LogP contribution in [0, 0.1) is 30.1 Å². The summed E-state index contributed by atoms with van der Waals surface area (Å²) in [5, 5.41) is 18.6. The highest BCUT2D eigenvalue weighted by molar-refractivity contribution is 7.22. The number of carbonyl (C=O) groups is 2. The van der Waals surface area contributed by atoms with Gasteiger partial charge in [-0.25, -0.2) is 14.8 Å². The second kappa shape index (κ2) is 11.2. The first kappa shape index (κ1) is 29.5. The first-order chi connectivity index (χ1) is 23.3. The van der Waals surface area contributed by atoms with Gasteiger partial charge in [-0.2, -0.15) is 10.1 Å². The van der Waals surface area contributed by atoms with E-state index < -0.39 is 5.97 Å². The Hall–Kier alpha value is -4.64. The Labute approximate surface area is 282 Å². The molecule has 48 heavy (non-hydrogen) atoms. The highest BCUT2D eigenvalue weighted by Crippen LogP contribution is 2.60. The number of carboxylic acid groups (broad SMARTS) is 1. The van der Waals surface area contributed by atoms with Gasteiger partial charge in [0.1, 0.15) is 5.82 Å². The molecule has 4 aliphatic carbocycles. The van der Waals surface area contributed by atoms with Gasteiger partial charge in [-0.05, 0) is 116 Å². The van der Waals surface area contributed by atoms with Crippen molar-refractivity contribution in [1.82, 2.24) is 24.7 Å². The summed E-state index contributed by atoms with van der Waals surface area (Å²) >= 11 is 1.39. The van der Waals surface area contributed by atoms with Crippen LogP contribution in [0.2, 0.25) is 0 Å². The fourth-order valence-corrected chi connectivity index (χ4v) is 10.5. The molecule has 1 aromatic carbocycles. The molecule has 0 unspecified atom stereocenters. The highest BCUT2D eigenvalue weighted by atomic mass is 32.1. The maximum absolute atomic E-state index is 13.5. The predicted octanol–water partition coefficient (Wildman–Crippen LogP) is 6.99. The molecule has 0 atom stereocenters. The third-order valence-corrected chi connectivity index (χ3v) is 12.3. The van der Waals surface area contributed by atoms with Gasteiger partial charge in [0, 0.05) is 48.2 Å². The van der Waals surface area contributed by atoms with Crippen LogP contribution in [0.15, 0.2) is 54.9 Å². The van der Waals surface area contributed by atoms with Gasteiger partial charge in [0.15, 0.2) is 16.5 Å². The second-order valence-electron chi connectivity index (χ2n) is 14.5. The van der Waals surface area contributed by atoms with Crippen LogP contribution >= 0.6 is 11.3 Å². The predicted molar refractivity (Wildman–Crippen MR) is 184 cm³/mol. The molecule has 0 spiro atoms. The number of carbonyl (C=O) groups excluding carboxylic acids is 1. The summed E-state index contributed by atoms with van der Waals surface area (Å²) in [5.74, 6) is 1.87. The Kier molecular flexibility index (Phi) is 6.90. The molecule has 1 aliphatic heterocycles. The molecular formula is C37H37N7O3S. The van der Waals surface area contributed by atoms with E-state index in [1.807, 2.05) is 48.7 Å². The van der Waals surface area contributed by atoms with Crippen LogP contribution in [0.1, 0.15) is 76.2 Å². The van der Waals surface area contributed by atoms with Crippen LogP contribution in [-0.2, 0) is 19.5 Å². The van der Waals surface area contributed by atoms with E-state index in [9.17, 15) is 14.7 Å². The van der Waals surface area contributed by atoms with Crippen LogP contribution in [0.5, 0.6) is 0 Å². The zero-order valence-corrected chi connectivity index (χ0v) is 27.7. The number of rotatable bonds is 7. The van der Waals surface area contributed by atoms with Gasteiger partial charge < -0.3 is 10.0 Å². The average Bonchev–Trinajstić information content (AvgIpc) is 3.65. The number of anilines is 2. The van der Waals surface area contributed by atoms with Crippen LogP contribution in [0.3, 0.4) is 0 Å². The van der Waals surface area contributed by atoms with E-state index in [4.69, 9.17) is 10.1 Å². The molecular weight excluding hydrogens is 623 g/mol. The number of nitrogens with zero attached hydrogens (tertiary/aromatic N) is 6.